The lowest BCUT2D eigenvalue weighted by Gasteiger charge is -2.61. The summed E-state index contributed by atoms with van der Waals surface area (Å²) in [4.78, 5) is 38.6. The van der Waals surface area contributed by atoms with Gasteiger partial charge in [0, 0.05) is 37.2 Å². The summed E-state index contributed by atoms with van der Waals surface area (Å²) >= 11 is 0. The lowest BCUT2D eigenvalue weighted by molar-refractivity contribution is -0.268. The number of Topliss-reactive ketones (excluding diaryl/α,β-unsaturated/α-hetero) is 1. The van der Waals surface area contributed by atoms with Crippen molar-refractivity contribution in [2.45, 2.75) is 123 Å². The molecule has 1 aromatic carbocycles. The van der Waals surface area contributed by atoms with Crippen LogP contribution in [0.25, 0.3) is 0 Å². The second-order valence-electron chi connectivity index (χ2n) is 13.1. The van der Waals surface area contributed by atoms with E-state index in [0.29, 0.717) is 12.8 Å². The van der Waals surface area contributed by atoms with Gasteiger partial charge in [0.1, 0.15) is 29.1 Å². The SMILES string of the molecule is C/C=C(\C)C(OC(C)=O)C(C)c1cc(O)c2c(c1O)OC1(C)CCC3OC(C(C)(C)O)CC(OC(C)=O)C3(C)C1C2=O. The molecule has 2 heterocycles. The van der Waals surface area contributed by atoms with Crippen LogP contribution in [0.15, 0.2) is 17.7 Å². The molecule has 1 saturated carbocycles. The predicted octanol–water partition coefficient (Wildman–Crippen LogP) is 4.71. The highest BCUT2D eigenvalue weighted by Crippen LogP contribution is 2.61. The van der Waals surface area contributed by atoms with Crippen molar-refractivity contribution in [3.63, 3.8) is 0 Å². The Morgan fingerprint density at radius 2 is 1.81 bits per heavy atom. The van der Waals surface area contributed by atoms with E-state index >= 15 is 0 Å². The Balaban J connectivity index is 1.83. The normalized spacial score (nSPS) is 32.4. The molecule has 2 aliphatic heterocycles. The molecule has 1 aliphatic carbocycles. The summed E-state index contributed by atoms with van der Waals surface area (Å²) in [5.41, 5.74) is -2.56. The van der Waals surface area contributed by atoms with Gasteiger partial charge in [0.25, 0.3) is 0 Å². The lowest BCUT2D eigenvalue weighted by Crippen LogP contribution is -2.70. The van der Waals surface area contributed by atoms with E-state index in [1.165, 1.54) is 19.9 Å². The smallest absolute Gasteiger partial charge is 0.303 e. The number of carbonyl (C=O) groups is 3. The van der Waals surface area contributed by atoms with E-state index in [2.05, 4.69) is 0 Å². The fourth-order valence-electron chi connectivity index (χ4n) is 7.34. The first-order valence-corrected chi connectivity index (χ1v) is 14.5. The zero-order valence-corrected chi connectivity index (χ0v) is 25.9. The van der Waals surface area contributed by atoms with E-state index in [1.54, 1.807) is 40.7 Å². The van der Waals surface area contributed by atoms with Crippen LogP contribution in [0.5, 0.6) is 17.2 Å². The molecule has 4 rings (SSSR count). The Kier molecular flexibility index (Phi) is 8.23. The average Bonchev–Trinajstić information content (AvgIpc) is 2.87. The fraction of sp³-hybridized carbons (Fsp3) is 0.656. The highest BCUT2D eigenvalue weighted by atomic mass is 16.6. The maximum absolute atomic E-state index is 14.4. The van der Waals surface area contributed by atoms with Gasteiger partial charge in [-0.2, -0.15) is 0 Å². The van der Waals surface area contributed by atoms with Crippen LogP contribution in [-0.4, -0.2) is 68.7 Å². The number of hydrogen-bond donors (Lipinski definition) is 3. The summed E-state index contributed by atoms with van der Waals surface area (Å²) in [5.74, 6) is -3.78. The van der Waals surface area contributed by atoms with Gasteiger partial charge >= 0.3 is 11.9 Å². The molecule has 8 unspecified atom stereocenters. The van der Waals surface area contributed by atoms with E-state index in [0.717, 1.165) is 5.57 Å². The third kappa shape index (κ3) is 5.17. The van der Waals surface area contributed by atoms with Crippen molar-refractivity contribution in [3.8, 4) is 17.2 Å². The van der Waals surface area contributed by atoms with Crippen molar-refractivity contribution in [2.24, 2.45) is 11.3 Å². The number of ketones is 1. The van der Waals surface area contributed by atoms with Crippen LogP contribution in [0, 0.1) is 11.3 Å². The molecule has 8 atom stereocenters. The molecule has 2 fully saturated rings. The number of ether oxygens (including phenoxy) is 4. The first-order valence-electron chi connectivity index (χ1n) is 14.5. The van der Waals surface area contributed by atoms with Crippen molar-refractivity contribution >= 4 is 17.7 Å². The summed E-state index contributed by atoms with van der Waals surface area (Å²) in [7, 11) is 0. The van der Waals surface area contributed by atoms with Crippen LogP contribution in [0.2, 0.25) is 0 Å². The third-order valence-electron chi connectivity index (χ3n) is 9.63. The zero-order valence-electron chi connectivity index (χ0n) is 25.9. The summed E-state index contributed by atoms with van der Waals surface area (Å²) in [6, 6.07) is 1.32. The average molecular weight is 589 g/mol. The molecule has 0 spiro atoms. The molecule has 1 aromatic rings. The van der Waals surface area contributed by atoms with Gasteiger partial charge in [-0.25, -0.2) is 0 Å². The molecule has 232 valence electrons. The van der Waals surface area contributed by atoms with Crippen LogP contribution in [0.3, 0.4) is 0 Å². The van der Waals surface area contributed by atoms with Gasteiger partial charge in [0.2, 0.25) is 0 Å². The Hall–Kier alpha value is -3.11. The predicted molar refractivity (Wildman–Crippen MR) is 152 cm³/mol. The molecule has 10 nitrogen and oxygen atoms in total. The van der Waals surface area contributed by atoms with Gasteiger partial charge < -0.3 is 34.3 Å². The largest absolute Gasteiger partial charge is 0.507 e. The number of esters is 2. The molecular weight excluding hydrogens is 544 g/mol. The third-order valence-corrected chi connectivity index (χ3v) is 9.63. The van der Waals surface area contributed by atoms with Crippen molar-refractivity contribution in [3.05, 3.63) is 28.8 Å². The Bertz CT molecular complexity index is 1310. The number of aromatic hydroxyl groups is 2. The minimum absolute atomic E-state index is 0.127. The van der Waals surface area contributed by atoms with Gasteiger partial charge in [0.05, 0.1) is 23.7 Å². The number of aliphatic hydroxyl groups is 1. The van der Waals surface area contributed by atoms with E-state index in [-0.39, 0.29) is 34.8 Å². The number of hydrogen-bond acceptors (Lipinski definition) is 10. The molecular formula is C32H44O10. The molecule has 3 aliphatic rings. The van der Waals surface area contributed by atoms with Crippen LogP contribution >= 0.6 is 0 Å². The highest BCUT2D eigenvalue weighted by molar-refractivity contribution is 6.06. The van der Waals surface area contributed by atoms with Gasteiger partial charge in [0.15, 0.2) is 17.3 Å². The first kappa shape index (κ1) is 31.8. The summed E-state index contributed by atoms with van der Waals surface area (Å²) < 4.78 is 24.3. The number of carbonyl (C=O) groups excluding carboxylic acids is 3. The van der Waals surface area contributed by atoms with E-state index in [9.17, 15) is 29.7 Å². The monoisotopic (exact) mass is 588 g/mol. The van der Waals surface area contributed by atoms with Crippen LogP contribution in [0.4, 0.5) is 0 Å². The molecule has 42 heavy (non-hydrogen) atoms. The Morgan fingerprint density at radius 1 is 1.17 bits per heavy atom. The quantitative estimate of drug-likeness (QED) is 0.242. The van der Waals surface area contributed by atoms with Gasteiger partial charge in [-0.3, -0.25) is 14.4 Å². The summed E-state index contributed by atoms with van der Waals surface area (Å²) in [6.45, 7) is 14.8. The molecule has 0 aromatic heterocycles. The molecule has 3 N–H and O–H groups in total. The van der Waals surface area contributed by atoms with Gasteiger partial charge in [-0.15, -0.1) is 0 Å². The van der Waals surface area contributed by atoms with Gasteiger partial charge in [-0.05, 0) is 59.1 Å². The standard InChI is InChI=1S/C32H44O10/c1-10-15(2)27(40-18(5)34)16(3)19-13-20(35)24-26(37)29-31(8,42-28(24)25(19)36)12-11-21-32(29,9)23(39-17(4)33)14-22(41-21)30(6,7)38/h10,13,16,21-23,27,29,35-36,38H,11-12,14H2,1-9H3/b15-10+. The number of phenolic OH excluding ortho intramolecular Hbond substituents is 2. The Morgan fingerprint density at radius 3 is 2.36 bits per heavy atom. The minimum atomic E-state index is -1.22. The van der Waals surface area contributed by atoms with Crippen LogP contribution in [-0.2, 0) is 23.8 Å². The van der Waals surface area contributed by atoms with Crippen molar-refractivity contribution < 1.29 is 48.7 Å². The van der Waals surface area contributed by atoms with E-state index < -0.39 is 70.6 Å². The molecule has 0 bridgehead atoms. The molecule has 1 saturated heterocycles. The molecule has 10 heteroatoms. The zero-order chi connectivity index (χ0) is 31.5. The summed E-state index contributed by atoms with van der Waals surface area (Å²) in [6.07, 6.45) is 0.0754. The second-order valence-corrected chi connectivity index (χ2v) is 13.1. The number of rotatable bonds is 6. The maximum atomic E-state index is 14.4. The minimum Gasteiger partial charge on any atom is -0.507 e. The number of phenols is 2. The maximum Gasteiger partial charge on any atom is 0.303 e. The van der Waals surface area contributed by atoms with Crippen LogP contribution < -0.4 is 4.74 Å². The number of allylic oxidation sites excluding steroid dienone is 1. The van der Waals surface area contributed by atoms with Gasteiger partial charge in [-0.1, -0.05) is 19.9 Å². The number of benzene rings is 1. The van der Waals surface area contributed by atoms with E-state index in [1.807, 2.05) is 13.8 Å². The van der Waals surface area contributed by atoms with E-state index in [4.69, 9.17) is 18.9 Å². The first-order chi connectivity index (χ1) is 19.4. The van der Waals surface area contributed by atoms with Crippen molar-refractivity contribution in [1.82, 2.24) is 0 Å². The van der Waals surface area contributed by atoms with Crippen molar-refractivity contribution in [1.29, 1.82) is 0 Å². The molecule has 0 amide bonds. The van der Waals surface area contributed by atoms with Crippen LogP contribution in [0.1, 0.15) is 103 Å². The fourth-order valence-corrected chi connectivity index (χ4v) is 7.34. The van der Waals surface area contributed by atoms with Crippen molar-refractivity contribution in [2.75, 3.05) is 0 Å². The highest BCUT2D eigenvalue weighted by Gasteiger charge is 2.67. The second kappa shape index (κ2) is 10.9. The molecule has 0 radical (unpaired) electrons. The lowest BCUT2D eigenvalue weighted by atomic mass is 9.52. The Labute approximate surface area is 247 Å². The topological polar surface area (TPSA) is 149 Å². The summed E-state index contributed by atoms with van der Waals surface area (Å²) in [5, 5.41) is 33.5. The number of fused-ring (bicyclic) bond motifs is 4.